The van der Waals surface area contributed by atoms with Crippen LogP contribution < -0.4 is 5.32 Å². The summed E-state index contributed by atoms with van der Waals surface area (Å²) in [6.07, 6.45) is -0.438. The maximum atomic E-state index is 12.8. The average Bonchev–Trinajstić information content (AvgIpc) is 3.11. The normalized spacial score (nSPS) is 29.6. The zero-order chi connectivity index (χ0) is 19.9. The molecule has 0 unspecified atom stereocenters. The molecule has 2 saturated heterocycles. The summed E-state index contributed by atoms with van der Waals surface area (Å²) in [4.78, 5) is 55.8. The molecular weight excluding hydrogens is 354 g/mol. The molecule has 0 saturated carbocycles. The maximum absolute atomic E-state index is 12.8. The summed E-state index contributed by atoms with van der Waals surface area (Å²) in [5, 5.41) is 3.04. The Bertz CT molecular complexity index is 825. The first-order chi connectivity index (χ1) is 12.8. The molecule has 9 heteroatoms. The number of aryl methyl sites for hydroxylation is 1. The Morgan fingerprint density at radius 3 is 2.52 bits per heavy atom. The minimum absolute atomic E-state index is 0.429. The van der Waals surface area contributed by atoms with Gasteiger partial charge in [0.15, 0.2) is 0 Å². The number of pyridine rings is 1. The molecule has 27 heavy (non-hydrogen) atoms. The maximum Gasteiger partial charge on any atom is 0.327 e. The van der Waals surface area contributed by atoms with Gasteiger partial charge in [0.2, 0.25) is 11.8 Å². The summed E-state index contributed by atoms with van der Waals surface area (Å²) in [6.45, 7) is 1.80. The van der Waals surface area contributed by atoms with Crippen LogP contribution in [-0.4, -0.2) is 60.4 Å². The van der Waals surface area contributed by atoms with Crippen LogP contribution in [0.1, 0.15) is 23.9 Å². The van der Waals surface area contributed by atoms with E-state index >= 15 is 0 Å². The van der Waals surface area contributed by atoms with Gasteiger partial charge in [0.1, 0.15) is 5.54 Å². The van der Waals surface area contributed by atoms with Crippen LogP contribution in [0, 0.1) is 18.8 Å². The fourth-order valence-electron chi connectivity index (χ4n) is 4.04. The van der Waals surface area contributed by atoms with Gasteiger partial charge < -0.3 is 9.47 Å². The van der Waals surface area contributed by atoms with Crippen molar-refractivity contribution in [2.75, 3.05) is 21.3 Å². The highest BCUT2D eigenvalue weighted by Gasteiger charge is 2.69. The summed E-state index contributed by atoms with van der Waals surface area (Å²) in [7, 11) is 3.72. The van der Waals surface area contributed by atoms with Crippen molar-refractivity contribution >= 4 is 23.8 Å². The molecule has 4 atom stereocenters. The molecule has 3 rings (SSSR count). The van der Waals surface area contributed by atoms with Crippen LogP contribution >= 0.6 is 0 Å². The first-order valence-electron chi connectivity index (χ1n) is 8.44. The Hall–Kier alpha value is -2.81. The predicted octanol–water partition coefficient (Wildman–Crippen LogP) is -0.260. The lowest BCUT2D eigenvalue weighted by molar-refractivity contribution is -0.159. The Morgan fingerprint density at radius 1 is 1.22 bits per heavy atom. The second kappa shape index (κ2) is 6.73. The molecule has 2 amide bonds. The first-order valence-corrected chi connectivity index (χ1v) is 8.44. The molecule has 9 nitrogen and oxygen atoms in total. The monoisotopic (exact) mass is 375 g/mol. The van der Waals surface area contributed by atoms with Gasteiger partial charge in [-0.2, -0.15) is 0 Å². The lowest BCUT2D eigenvalue weighted by Gasteiger charge is -2.30. The molecule has 0 aromatic carbocycles. The molecule has 2 fully saturated rings. The van der Waals surface area contributed by atoms with E-state index in [2.05, 4.69) is 10.3 Å². The molecular formula is C18H21N3O6. The number of hydrogen-bond donors (Lipinski definition) is 1. The van der Waals surface area contributed by atoms with Crippen LogP contribution in [0.25, 0.3) is 0 Å². The molecule has 1 aromatic heterocycles. The van der Waals surface area contributed by atoms with Crippen molar-refractivity contribution in [2.45, 2.75) is 24.9 Å². The molecule has 2 aliphatic rings. The van der Waals surface area contributed by atoms with Gasteiger partial charge in [-0.1, -0.05) is 6.07 Å². The molecule has 144 valence electrons. The number of aromatic nitrogens is 1. The van der Waals surface area contributed by atoms with Gasteiger partial charge in [-0.3, -0.25) is 34.4 Å². The van der Waals surface area contributed by atoms with Crippen LogP contribution in [-0.2, 0) is 28.7 Å². The molecule has 2 aliphatic heterocycles. The number of nitrogens with zero attached hydrogens (tertiary/aromatic N) is 2. The number of imide groups is 1. The molecule has 3 heterocycles. The standard InChI is InChI=1S/C18H21N3O6/c1-9-6-5-7-10(19-9)14-12-13(16(24)21(2)15(12)23)18(20-14,17(25)27-4)8-11(22)26-3/h5-7,12-14,20H,8H2,1-4H3/t12-,13-,14-,18-/m0/s1. The van der Waals surface area contributed by atoms with Crippen molar-refractivity contribution in [3.63, 3.8) is 0 Å². The number of fused-ring (bicyclic) bond motifs is 1. The Kier molecular flexibility index (Phi) is 4.73. The topological polar surface area (TPSA) is 115 Å². The molecule has 1 aromatic rings. The summed E-state index contributed by atoms with van der Waals surface area (Å²) in [5.74, 6) is -4.42. The van der Waals surface area contributed by atoms with Crippen molar-refractivity contribution < 1.29 is 28.7 Å². The second-order valence-electron chi connectivity index (χ2n) is 6.78. The molecule has 0 radical (unpaired) electrons. The van der Waals surface area contributed by atoms with Crippen LogP contribution in [0.3, 0.4) is 0 Å². The fraction of sp³-hybridized carbons (Fsp3) is 0.500. The summed E-state index contributed by atoms with van der Waals surface area (Å²) in [6, 6.07) is 4.56. The van der Waals surface area contributed by atoms with Gasteiger partial charge in [-0.05, 0) is 19.1 Å². The quantitative estimate of drug-likeness (QED) is 0.565. The van der Waals surface area contributed by atoms with Crippen molar-refractivity contribution in [1.82, 2.24) is 15.2 Å². The van der Waals surface area contributed by atoms with E-state index in [9.17, 15) is 19.2 Å². The van der Waals surface area contributed by atoms with Gasteiger partial charge in [0.05, 0.1) is 44.2 Å². The van der Waals surface area contributed by atoms with E-state index in [4.69, 9.17) is 9.47 Å². The number of ether oxygens (including phenoxy) is 2. The zero-order valence-electron chi connectivity index (χ0n) is 15.5. The first kappa shape index (κ1) is 19.0. The third kappa shape index (κ3) is 2.78. The molecule has 1 N–H and O–H groups in total. The number of esters is 2. The Labute approximate surface area is 156 Å². The zero-order valence-corrected chi connectivity index (χ0v) is 15.5. The summed E-state index contributed by atoms with van der Waals surface area (Å²) < 4.78 is 9.62. The van der Waals surface area contributed by atoms with E-state index in [0.717, 1.165) is 10.6 Å². The Morgan fingerprint density at radius 2 is 1.93 bits per heavy atom. The van der Waals surface area contributed by atoms with Crippen molar-refractivity contribution in [2.24, 2.45) is 11.8 Å². The molecule has 0 spiro atoms. The van der Waals surface area contributed by atoms with E-state index in [1.165, 1.54) is 21.3 Å². The van der Waals surface area contributed by atoms with Gasteiger partial charge >= 0.3 is 11.9 Å². The Balaban J connectivity index is 2.16. The highest BCUT2D eigenvalue weighted by atomic mass is 16.5. The van der Waals surface area contributed by atoms with Crippen LogP contribution in [0.2, 0.25) is 0 Å². The van der Waals surface area contributed by atoms with E-state index < -0.39 is 53.6 Å². The number of likely N-dealkylation sites (tertiary alicyclic amines) is 1. The largest absolute Gasteiger partial charge is 0.469 e. The molecule has 0 bridgehead atoms. The summed E-state index contributed by atoms with van der Waals surface area (Å²) in [5.41, 5.74) is -0.475. The third-order valence-corrected chi connectivity index (χ3v) is 5.30. The number of methoxy groups -OCH3 is 2. The lowest BCUT2D eigenvalue weighted by atomic mass is 9.77. The number of nitrogens with one attached hydrogen (secondary N) is 1. The third-order valence-electron chi connectivity index (χ3n) is 5.30. The number of hydrogen-bond acceptors (Lipinski definition) is 8. The molecule has 0 aliphatic carbocycles. The van der Waals surface area contributed by atoms with E-state index in [1.807, 2.05) is 0 Å². The predicted molar refractivity (Wildman–Crippen MR) is 91.0 cm³/mol. The van der Waals surface area contributed by atoms with Crippen molar-refractivity contribution in [1.29, 1.82) is 0 Å². The highest BCUT2D eigenvalue weighted by Crippen LogP contribution is 2.49. The number of carbonyl (C=O) groups is 4. The lowest BCUT2D eigenvalue weighted by Crippen LogP contribution is -2.57. The van der Waals surface area contributed by atoms with Crippen LogP contribution in [0.15, 0.2) is 18.2 Å². The van der Waals surface area contributed by atoms with Gasteiger partial charge in [-0.15, -0.1) is 0 Å². The van der Waals surface area contributed by atoms with E-state index in [-0.39, 0.29) is 0 Å². The minimum atomic E-state index is -1.71. The number of carbonyl (C=O) groups excluding carboxylic acids is 4. The van der Waals surface area contributed by atoms with Gasteiger partial charge in [-0.25, -0.2) is 0 Å². The average molecular weight is 375 g/mol. The van der Waals surface area contributed by atoms with Gasteiger partial charge in [0, 0.05) is 12.7 Å². The fourth-order valence-corrected chi connectivity index (χ4v) is 4.04. The van der Waals surface area contributed by atoms with Crippen molar-refractivity contribution in [3.05, 3.63) is 29.6 Å². The van der Waals surface area contributed by atoms with Crippen molar-refractivity contribution in [3.8, 4) is 0 Å². The van der Waals surface area contributed by atoms with Crippen LogP contribution in [0.5, 0.6) is 0 Å². The van der Waals surface area contributed by atoms with Crippen LogP contribution in [0.4, 0.5) is 0 Å². The SMILES string of the molecule is COC(=O)C[C@]1(C(=O)OC)N[C@@H](c2cccc(C)n2)[C@H]2C(=O)N(C)C(=O)[C@H]21. The summed E-state index contributed by atoms with van der Waals surface area (Å²) >= 11 is 0. The highest BCUT2D eigenvalue weighted by molar-refractivity contribution is 6.10. The van der Waals surface area contributed by atoms with E-state index in [0.29, 0.717) is 5.69 Å². The second-order valence-corrected chi connectivity index (χ2v) is 6.78. The number of amides is 2. The van der Waals surface area contributed by atoms with E-state index in [1.54, 1.807) is 25.1 Å². The smallest absolute Gasteiger partial charge is 0.327 e. The van der Waals surface area contributed by atoms with Gasteiger partial charge in [0.25, 0.3) is 0 Å². The minimum Gasteiger partial charge on any atom is -0.469 e. The number of rotatable bonds is 4.